The average Bonchev–Trinajstić information content (AvgIpc) is 4.08. The van der Waals surface area contributed by atoms with Gasteiger partial charge in [-0.05, 0) is 67.7 Å². The first-order valence-corrected chi connectivity index (χ1v) is 24.6. The molecule has 21 heteroatoms. The van der Waals surface area contributed by atoms with E-state index in [-0.39, 0.29) is 54.6 Å². The summed E-state index contributed by atoms with van der Waals surface area (Å²) in [6.07, 6.45) is 4.87. The fraction of sp³-hybridized carbons (Fsp3) is 0.319. The summed E-state index contributed by atoms with van der Waals surface area (Å²) in [5.74, 6) is -3.30. The first-order valence-electron chi connectivity index (χ1n) is 21.9. The molecule has 68 heavy (non-hydrogen) atoms. The van der Waals surface area contributed by atoms with E-state index in [0.29, 0.717) is 62.2 Å². The van der Waals surface area contributed by atoms with Crippen LogP contribution < -0.4 is 26.0 Å². The average molecular weight is 965 g/mol. The SMILES string of the molecule is CS(=O)(=O)n1ccc(C(=O)N[C@@H](COCc2ccc(CNC(=O)C3CCN(CCOc4ccc5c(c4)C(=O)N(C4CCC(=O)NC4=O)C5=O)CC3)cc2)C(=O)Nc2nc(-c3ccccc3)cs2)c1. The molecule has 0 saturated carbocycles. The zero-order valence-electron chi connectivity index (χ0n) is 36.8. The minimum absolute atomic E-state index is 0.0368. The Morgan fingerprint density at radius 3 is 2.37 bits per heavy atom. The Balaban J connectivity index is 0.765. The first-order chi connectivity index (χ1) is 32.7. The van der Waals surface area contributed by atoms with E-state index in [2.05, 4.69) is 31.2 Å². The summed E-state index contributed by atoms with van der Waals surface area (Å²) in [6.45, 7) is 2.51. The van der Waals surface area contributed by atoms with Gasteiger partial charge in [0.15, 0.2) is 5.13 Å². The highest BCUT2D eigenvalue weighted by molar-refractivity contribution is 7.89. The van der Waals surface area contributed by atoms with Crippen LogP contribution in [-0.4, -0.2) is 120 Å². The number of imide groups is 2. The zero-order valence-corrected chi connectivity index (χ0v) is 38.5. The number of thiazole rings is 1. The number of nitrogens with zero attached hydrogens (tertiary/aromatic N) is 4. The van der Waals surface area contributed by atoms with Crippen molar-refractivity contribution >= 4 is 67.8 Å². The molecule has 4 N–H and O–H groups in total. The number of ether oxygens (including phenoxy) is 2. The number of piperidine rings is 2. The Morgan fingerprint density at radius 2 is 1.65 bits per heavy atom. The molecule has 2 aromatic heterocycles. The third kappa shape index (κ3) is 11.4. The second-order valence-corrected chi connectivity index (χ2v) is 19.3. The maximum Gasteiger partial charge on any atom is 0.262 e. The molecule has 0 bridgehead atoms. The topological polar surface area (TPSA) is 245 Å². The Labute approximate surface area is 395 Å². The van der Waals surface area contributed by atoms with Gasteiger partial charge in [-0.15, -0.1) is 11.3 Å². The number of nitrogens with one attached hydrogen (secondary N) is 4. The highest BCUT2D eigenvalue weighted by Gasteiger charge is 2.44. The third-order valence-electron chi connectivity index (χ3n) is 11.8. The fourth-order valence-corrected chi connectivity index (χ4v) is 9.35. The molecule has 2 saturated heterocycles. The minimum Gasteiger partial charge on any atom is -0.492 e. The van der Waals surface area contributed by atoms with Gasteiger partial charge in [-0.25, -0.2) is 13.4 Å². The number of fused-ring (bicyclic) bond motifs is 1. The quantitative estimate of drug-likeness (QED) is 0.0924. The molecule has 0 radical (unpaired) electrons. The molecule has 2 fully saturated rings. The normalized spacial score (nSPS) is 17.1. The van der Waals surface area contributed by atoms with Crippen molar-refractivity contribution in [3.8, 4) is 17.0 Å². The van der Waals surface area contributed by atoms with E-state index in [1.54, 1.807) is 6.07 Å². The minimum atomic E-state index is -3.63. The van der Waals surface area contributed by atoms with E-state index in [1.807, 2.05) is 60.0 Å². The standard InChI is InChI=1S/C47H48N8O11S2/c1-68(63,64)54-20-17-33(25-54)42(58)49-37(43(59)52-47-50-38(28-67-47)31-5-3-2-4-6-31)27-65-26-30-9-7-29(8-10-30)24-48-41(57)32-15-18-53(19-16-32)21-22-66-34-11-12-35-36(23-34)46(62)55(45(35)61)39-13-14-40(56)51-44(39)60/h2-12,17,20,23,25,28,32,37,39H,13-16,18-19,21-22,24,26-27H2,1H3,(H,48,57)(H,49,58)(H,50,52,59)(H,51,56,60)/t37-,39?/m0/s1. The van der Waals surface area contributed by atoms with Crippen LogP contribution in [0.25, 0.3) is 11.3 Å². The monoisotopic (exact) mass is 964 g/mol. The number of benzene rings is 3. The molecule has 19 nitrogen and oxygen atoms in total. The van der Waals surface area contributed by atoms with Crippen LogP contribution in [-0.2, 0) is 47.1 Å². The molecular formula is C47H48N8O11S2. The molecule has 354 valence electrons. The van der Waals surface area contributed by atoms with Crippen molar-refractivity contribution in [2.75, 3.05) is 44.4 Å². The Bertz CT molecular complexity index is 2840. The van der Waals surface area contributed by atoms with Crippen molar-refractivity contribution < 1.29 is 51.5 Å². The van der Waals surface area contributed by atoms with Crippen molar-refractivity contribution in [1.82, 2.24) is 34.7 Å². The van der Waals surface area contributed by atoms with Crippen molar-refractivity contribution in [1.29, 1.82) is 0 Å². The molecule has 5 heterocycles. The van der Waals surface area contributed by atoms with E-state index in [9.17, 15) is 42.0 Å². The van der Waals surface area contributed by atoms with E-state index >= 15 is 0 Å². The van der Waals surface area contributed by atoms with E-state index in [1.165, 1.54) is 41.9 Å². The number of aromatic nitrogens is 2. The zero-order chi connectivity index (χ0) is 48.0. The fourth-order valence-electron chi connectivity index (χ4n) is 8.04. The number of hydrogen-bond donors (Lipinski definition) is 4. The molecule has 5 aromatic rings. The summed E-state index contributed by atoms with van der Waals surface area (Å²) in [7, 11) is -3.63. The first kappa shape index (κ1) is 47.4. The smallest absolute Gasteiger partial charge is 0.262 e. The Hall–Kier alpha value is -7.07. The van der Waals surface area contributed by atoms with Gasteiger partial charge in [-0.1, -0.05) is 54.6 Å². The Morgan fingerprint density at radius 1 is 0.912 bits per heavy atom. The second-order valence-electron chi connectivity index (χ2n) is 16.6. The van der Waals surface area contributed by atoms with Crippen molar-refractivity contribution in [3.63, 3.8) is 0 Å². The van der Waals surface area contributed by atoms with Gasteiger partial charge in [0, 0.05) is 48.8 Å². The molecule has 3 aliphatic rings. The number of hydrogen-bond acceptors (Lipinski definition) is 14. The van der Waals surface area contributed by atoms with Crippen LogP contribution in [0.5, 0.6) is 5.75 Å². The molecule has 2 atom stereocenters. The summed E-state index contributed by atoms with van der Waals surface area (Å²) >= 11 is 1.23. The maximum atomic E-state index is 13.5. The van der Waals surface area contributed by atoms with Crippen LogP contribution in [0.3, 0.4) is 0 Å². The lowest BCUT2D eigenvalue weighted by Gasteiger charge is -2.31. The van der Waals surface area contributed by atoms with E-state index < -0.39 is 57.6 Å². The number of rotatable bonds is 18. The highest BCUT2D eigenvalue weighted by Crippen LogP contribution is 2.31. The Kier molecular flexibility index (Phi) is 14.5. The van der Waals surface area contributed by atoms with E-state index in [4.69, 9.17) is 9.47 Å². The number of carbonyl (C=O) groups excluding carboxylic acids is 7. The summed E-state index contributed by atoms with van der Waals surface area (Å²) in [6, 6.07) is 20.6. The summed E-state index contributed by atoms with van der Waals surface area (Å²) in [4.78, 5) is 97.5. The summed E-state index contributed by atoms with van der Waals surface area (Å²) < 4.78 is 36.7. The maximum absolute atomic E-state index is 13.5. The predicted molar refractivity (Wildman–Crippen MR) is 248 cm³/mol. The van der Waals surface area contributed by atoms with Gasteiger partial charge < -0.3 is 25.4 Å². The molecule has 0 spiro atoms. The van der Waals surface area contributed by atoms with Crippen LogP contribution in [0.1, 0.15) is 67.9 Å². The molecule has 0 aliphatic carbocycles. The molecule has 7 amide bonds. The van der Waals surface area contributed by atoms with Gasteiger partial charge in [0.1, 0.15) is 24.4 Å². The lowest BCUT2D eigenvalue weighted by molar-refractivity contribution is -0.136. The van der Waals surface area contributed by atoms with Crippen LogP contribution in [0.15, 0.2) is 96.6 Å². The van der Waals surface area contributed by atoms with Crippen LogP contribution in [0, 0.1) is 5.92 Å². The lowest BCUT2D eigenvalue weighted by Crippen LogP contribution is -2.54. The van der Waals surface area contributed by atoms with Crippen LogP contribution in [0.4, 0.5) is 5.13 Å². The van der Waals surface area contributed by atoms with Crippen LogP contribution >= 0.6 is 11.3 Å². The van der Waals surface area contributed by atoms with Gasteiger partial charge in [0.05, 0.1) is 41.9 Å². The predicted octanol–water partition coefficient (Wildman–Crippen LogP) is 3.18. The number of amides is 7. The van der Waals surface area contributed by atoms with Gasteiger partial charge in [-0.3, -0.25) is 52.7 Å². The largest absolute Gasteiger partial charge is 0.492 e. The molecule has 8 rings (SSSR count). The van der Waals surface area contributed by atoms with Crippen molar-refractivity contribution in [2.45, 2.75) is 50.9 Å². The summed E-state index contributed by atoms with van der Waals surface area (Å²) in [5, 5.41) is 12.8. The van der Waals surface area contributed by atoms with E-state index in [0.717, 1.165) is 31.8 Å². The van der Waals surface area contributed by atoms with Gasteiger partial charge >= 0.3 is 0 Å². The highest BCUT2D eigenvalue weighted by atomic mass is 32.2. The molecule has 3 aromatic carbocycles. The van der Waals surface area contributed by atoms with Crippen molar-refractivity contribution in [2.24, 2.45) is 5.92 Å². The second kappa shape index (κ2) is 20.8. The number of likely N-dealkylation sites (tertiary alicyclic amines) is 1. The number of anilines is 1. The van der Waals surface area contributed by atoms with Crippen molar-refractivity contribution in [3.05, 3.63) is 124 Å². The molecular weight excluding hydrogens is 917 g/mol. The van der Waals surface area contributed by atoms with Gasteiger partial charge in [0.25, 0.3) is 23.6 Å². The number of carbonyl (C=O) groups is 7. The third-order valence-corrected chi connectivity index (χ3v) is 13.6. The van der Waals surface area contributed by atoms with Gasteiger partial charge in [-0.2, -0.15) is 0 Å². The van der Waals surface area contributed by atoms with Crippen LogP contribution in [0.2, 0.25) is 0 Å². The van der Waals surface area contributed by atoms with Gasteiger partial charge in [0.2, 0.25) is 27.7 Å². The lowest BCUT2D eigenvalue weighted by atomic mass is 9.96. The summed E-state index contributed by atoms with van der Waals surface area (Å²) in [5.41, 5.74) is 3.59. The molecule has 1 unspecified atom stereocenters. The molecule has 3 aliphatic heterocycles.